The Balaban J connectivity index is 1.72. The Morgan fingerprint density at radius 3 is 1.88 bits per heavy atom. The Morgan fingerprint density at radius 1 is 0.688 bits per heavy atom. The summed E-state index contributed by atoms with van der Waals surface area (Å²) < 4.78 is 4.50. The molecule has 146 valence electrons. The normalized spacial score (nSPS) is 11.0. The van der Waals surface area contributed by atoms with Crippen LogP contribution in [0.3, 0.4) is 0 Å². The standard InChI is InChI=1S/C27H12N4S/c1-30-18-4-8-26-22(12-18)23-13-19(5-9-27(23)32-26)31-24-6-2-16(14-28)10-20(24)21-11-17(15-29)3-7-25(21)31/h2-13H. The molecular weight excluding hydrogens is 412 g/mol. The van der Waals surface area contributed by atoms with E-state index >= 15 is 0 Å². The lowest BCUT2D eigenvalue weighted by Gasteiger charge is -2.08. The van der Waals surface area contributed by atoms with Crippen LogP contribution in [-0.4, -0.2) is 4.57 Å². The number of aromatic nitrogens is 1. The summed E-state index contributed by atoms with van der Waals surface area (Å²) in [5.74, 6) is 0. The van der Waals surface area contributed by atoms with E-state index in [-0.39, 0.29) is 0 Å². The van der Waals surface area contributed by atoms with Crippen molar-refractivity contribution in [3.63, 3.8) is 0 Å². The summed E-state index contributed by atoms with van der Waals surface area (Å²) in [6, 6.07) is 28.0. The highest BCUT2D eigenvalue weighted by Crippen LogP contribution is 2.39. The smallest absolute Gasteiger partial charge is 0.187 e. The first-order valence-corrected chi connectivity index (χ1v) is 10.7. The van der Waals surface area contributed by atoms with E-state index in [4.69, 9.17) is 6.57 Å². The minimum absolute atomic E-state index is 0.588. The average Bonchev–Trinajstić information content (AvgIpc) is 3.37. The third kappa shape index (κ3) is 2.52. The van der Waals surface area contributed by atoms with Crippen molar-refractivity contribution in [3.8, 4) is 17.8 Å². The van der Waals surface area contributed by atoms with Crippen LogP contribution in [0.15, 0.2) is 72.8 Å². The van der Waals surface area contributed by atoms with Gasteiger partial charge in [0.05, 0.1) is 40.9 Å². The van der Waals surface area contributed by atoms with E-state index in [0.717, 1.165) is 43.0 Å². The first-order chi connectivity index (χ1) is 15.7. The second-order valence-electron chi connectivity index (χ2n) is 7.60. The summed E-state index contributed by atoms with van der Waals surface area (Å²) in [5, 5.41) is 22.9. The molecule has 0 aliphatic rings. The molecule has 4 nitrogen and oxygen atoms in total. The molecule has 0 fully saturated rings. The molecule has 32 heavy (non-hydrogen) atoms. The number of fused-ring (bicyclic) bond motifs is 6. The number of nitrogens with zero attached hydrogens (tertiary/aromatic N) is 4. The highest BCUT2D eigenvalue weighted by molar-refractivity contribution is 7.25. The number of nitriles is 2. The molecule has 2 heterocycles. The van der Waals surface area contributed by atoms with Crippen molar-refractivity contribution in [2.45, 2.75) is 0 Å². The topological polar surface area (TPSA) is 56.9 Å². The van der Waals surface area contributed by atoms with Crippen LogP contribution < -0.4 is 0 Å². The first kappa shape index (κ1) is 18.2. The predicted octanol–water partition coefficient (Wildman–Crippen LogP) is 7.45. The Labute approximate surface area is 187 Å². The second kappa shape index (κ2) is 6.69. The molecule has 0 aliphatic carbocycles. The minimum Gasteiger partial charge on any atom is -0.309 e. The van der Waals surface area contributed by atoms with Gasteiger partial charge in [0.1, 0.15) is 0 Å². The summed E-state index contributed by atoms with van der Waals surface area (Å²) in [6.45, 7) is 7.36. The molecular formula is C27H12N4S. The number of benzene rings is 4. The third-order valence-electron chi connectivity index (χ3n) is 5.85. The molecule has 0 atom stereocenters. The van der Waals surface area contributed by atoms with Gasteiger partial charge in [-0.2, -0.15) is 10.5 Å². The van der Waals surface area contributed by atoms with Gasteiger partial charge in [0, 0.05) is 31.2 Å². The molecule has 0 spiro atoms. The van der Waals surface area contributed by atoms with Gasteiger partial charge < -0.3 is 4.57 Å². The van der Waals surface area contributed by atoms with E-state index in [9.17, 15) is 10.5 Å². The fourth-order valence-corrected chi connectivity index (χ4v) is 5.47. The molecule has 0 saturated carbocycles. The van der Waals surface area contributed by atoms with Crippen LogP contribution in [0.2, 0.25) is 0 Å². The van der Waals surface area contributed by atoms with Crippen molar-refractivity contribution in [2.24, 2.45) is 0 Å². The molecule has 0 aliphatic heterocycles. The molecule has 0 amide bonds. The molecule has 6 rings (SSSR count). The molecule has 0 radical (unpaired) electrons. The van der Waals surface area contributed by atoms with Gasteiger partial charge in [0.25, 0.3) is 0 Å². The van der Waals surface area contributed by atoms with Crippen molar-refractivity contribution < 1.29 is 0 Å². The fourth-order valence-electron chi connectivity index (χ4n) is 4.40. The Bertz CT molecular complexity index is 1800. The highest BCUT2D eigenvalue weighted by Gasteiger charge is 2.15. The van der Waals surface area contributed by atoms with E-state index in [2.05, 4.69) is 39.7 Å². The van der Waals surface area contributed by atoms with E-state index < -0.39 is 0 Å². The lowest BCUT2D eigenvalue weighted by Crippen LogP contribution is -1.93. The van der Waals surface area contributed by atoms with Gasteiger partial charge in [0.2, 0.25) is 0 Å². The Kier molecular flexibility index (Phi) is 3.80. The summed E-state index contributed by atoms with van der Waals surface area (Å²) in [6.07, 6.45) is 0. The van der Waals surface area contributed by atoms with Crippen molar-refractivity contribution in [3.05, 3.63) is 95.3 Å². The number of hydrogen-bond acceptors (Lipinski definition) is 3. The van der Waals surface area contributed by atoms with Crippen LogP contribution in [0, 0.1) is 29.2 Å². The van der Waals surface area contributed by atoms with Crippen molar-refractivity contribution in [1.29, 1.82) is 10.5 Å². The summed E-state index contributed by atoms with van der Waals surface area (Å²) >= 11 is 1.72. The molecule has 0 N–H and O–H groups in total. The maximum atomic E-state index is 9.40. The zero-order valence-corrected chi connectivity index (χ0v) is 17.4. The summed E-state index contributed by atoms with van der Waals surface area (Å²) in [7, 11) is 0. The van der Waals surface area contributed by atoms with Crippen LogP contribution >= 0.6 is 11.3 Å². The lowest BCUT2D eigenvalue weighted by atomic mass is 10.1. The van der Waals surface area contributed by atoms with Crippen LogP contribution in [-0.2, 0) is 0 Å². The third-order valence-corrected chi connectivity index (χ3v) is 7.00. The van der Waals surface area contributed by atoms with E-state index in [1.807, 2.05) is 54.6 Å². The molecule has 5 heteroatoms. The van der Waals surface area contributed by atoms with Gasteiger partial charge in [0.15, 0.2) is 5.69 Å². The number of thiophene rings is 1. The van der Waals surface area contributed by atoms with Gasteiger partial charge >= 0.3 is 0 Å². The Morgan fingerprint density at radius 2 is 1.28 bits per heavy atom. The highest BCUT2D eigenvalue weighted by atomic mass is 32.1. The van der Waals surface area contributed by atoms with Crippen molar-refractivity contribution in [2.75, 3.05) is 0 Å². The quantitative estimate of drug-likeness (QED) is 0.257. The average molecular weight is 424 g/mol. The van der Waals surface area contributed by atoms with E-state index in [1.165, 1.54) is 4.70 Å². The molecule has 0 bridgehead atoms. The van der Waals surface area contributed by atoms with Gasteiger partial charge in [-0.1, -0.05) is 12.1 Å². The fraction of sp³-hybridized carbons (Fsp3) is 0. The molecule has 0 saturated heterocycles. The van der Waals surface area contributed by atoms with Crippen LogP contribution in [0.5, 0.6) is 0 Å². The maximum absolute atomic E-state index is 9.40. The van der Waals surface area contributed by atoms with Gasteiger partial charge in [-0.25, -0.2) is 4.85 Å². The molecule has 4 aromatic carbocycles. The van der Waals surface area contributed by atoms with Gasteiger partial charge in [-0.3, -0.25) is 0 Å². The minimum atomic E-state index is 0.588. The van der Waals surface area contributed by atoms with Crippen LogP contribution in [0.4, 0.5) is 5.69 Å². The van der Waals surface area contributed by atoms with Gasteiger partial charge in [-0.05, 0) is 66.0 Å². The second-order valence-corrected chi connectivity index (χ2v) is 8.68. The Hall–Kier alpha value is -4.63. The van der Waals surface area contributed by atoms with E-state index in [1.54, 1.807) is 11.3 Å². The zero-order valence-electron chi connectivity index (χ0n) is 16.6. The number of rotatable bonds is 1. The molecule has 6 aromatic rings. The first-order valence-electron chi connectivity index (χ1n) is 9.93. The van der Waals surface area contributed by atoms with E-state index in [0.29, 0.717) is 16.8 Å². The number of hydrogen-bond donors (Lipinski definition) is 0. The molecule has 2 aromatic heterocycles. The monoisotopic (exact) mass is 424 g/mol. The SMILES string of the molecule is [C-]#[N+]c1ccc2sc3ccc(-n4c5ccc(C#N)cc5c5cc(C#N)ccc54)cc3c2c1. The van der Waals surface area contributed by atoms with Crippen molar-refractivity contribution in [1.82, 2.24) is 4.57 Å². The van der Waals surface area contributed by atoms with Gasteiger partial charge in [-0.15, -0.1) is 11.3 Å². The predicted molar refractivity (Wildman–Crippen MR) is 129 cm³/mol. The zero-order chi connectivity index (χ0) is 21.8. The van der Waals surface area contributed by atoms with Crippen molar-refractivity contribution >= 4 is 59.0 Å². The largest absolute Gasteiger partial charge is 0.309 e. The van der Waals surface area contributed by atoms with Crippen LogP contribution in [0.25, 0.3) is 52.5 Å². The molecule has 0 unspecified atom stereocenters. The maximum Gasteiger partial charge on any atom is 0.187 e. The summed E-state index contributed by atoms with van der Waals surface area (Å²) in [4.78, 5) is 3.59. The van der Waals surface area contributed by atoms with Crippen LogP contribution in [0.1, 0.15) is 11.1 Å². The summed E-state index contributed by atoms with van der Waals surface area (Å²) in [5.41, 5.74) is 4.77. The lowest BCUT2D eigenvalue weighted by molar-refractivity contribution is 1.19.